The van der Waals surface area contributed by atoms with Crippen LogP contribution in [0.3, 0.4) is 0 Å². The van der Waals surface area contributed by atoms with Gasteiger partial charge in [0.1, 0.15) is 18.1 Å². The van der Waals surface area contributed by atoms with E-state index in [-0.39, 0.29) is 10.8 Å². The van der Waals surface area contributed by atoms with Crippen molar-refractivity contribution < 1.29 is 9.31 Å². The number of para-hydroxylation sites is 2. The number of aryl methyl sites for hydroxylation is 1. The molecule has 0 saturated heterocycles. The van der Waals surface area contributed by atoms with Crippen molar-refractivity contribution in [1.29, 1.82) is 0 Å². The number of benzene rings is 3. The molecule has 0 bridgehead atoms. The zero-order chi connectivity index (χ0) is 34.4. The summed E-state index contributed by atoms with van der Waals surface area (Å²) in [6, 6.07) is 20.5. The van der Waals surface area contributed by atoms with E-state index in [9.17, 15) is 0 Å². The lowest BCUT2D eigenvalue weighted by Crippen LogP contribution is -2.35. The summed E-state index contributed by atoms with van der Waals surface area (Å²) in [7, 11) is 0. The van der Waals surface area contributed by atoms with Gasteiger partial charge in [0.2, 0.25) is 5.69 Å². The Bertz CT molecular complexity index is 2100. The molecule has 9 rings (SSSR count). The second-order valence-electron chi connectivity index (χ2n) is 16.2. The molecule has 6 aliphatic rings. The van der Waals surface area contributed by atoms with Crippen LogP contribution in [0.2, 0.25) is 0 Å². The molecule has 256 valence electrons. The molecular formula is C46H52N3O+. The smallest absolute Gasteiger partial charge is 0.209 e. The Labute approximate surface area is 299 Å². The van der Waals surface area contributed by atoms with Gasteiger partial charge in [0.15, 0.2) is 5.71 Å². The lowest BCUT2D eigenvalue weighted by Gasteiger charge is -2.40. The Morgan fingerprint density at radius 1 is 0.820 bits per heavy atom. The van der Waals surface area contributed by atoms with Gasteiger partial charge in [-0.05, 0) is 119 Å². The van der Waals surface area contributed by atoms with Crippen molar-refractivity contribution in [3.63, 3.8) is 0 Å². The highest BCUT2D eigenvalue weighted by Gasteiger charge is 2.44. The van der Waals surface area contributed by atoms with Crippen LogP contribution in [0.5, 0.6) is 5.75 Å². The minimum absolute atomic E-state index is 0.0589. The highest BCUT2D eigenvalue weighted by atomic mass is 16.5. The molecule has 0 radical (unpaired) electrons. The quantitative estimate of drug-likeness (QED) is 0.254. The lowest BCUT2D eigenvalue weighted by molar-refractivity contribution is -0.433. The summed E-state index contributed by atoms with van der Waals surface area (Å²) < 4.78 is 9.85. The van der Waals surface area contributed by atoms with E-state index in [0.717, 1.165) is 69.8 Å². The van der Waals surface area contributed by atoms with E-state index >= 15 is 0 Å². The molecule has 0 aromatic heterocycles. The molecule has 0 amide bonds. The predicted octanol–water partition coefficient (Wildman–Crippen LogP) is 10.3. The molecule has 0 unspecified atom stereocenters. The van der Waals surface area contributed by atoms with E-state index in [1.54, 1.807) is 0 Å². The largest absolute Gasteiger partial charge is 0.456 e. The molecular weight excluding hydrogens is 611 g/mol. The molecule has 0 N–H and O–H groups in total. The first-order valence-electron chi connectivity index (χ1n) is 19.3. The van der Waals surface area contributed by atoms with Crippen LogP contribution < -0.4 is 14.5 Å². The summed E-state index contributed by atoms with van der Waals surface area (Å²) >= 11 is 0. The maximum atomic E-state index is 7.34. The Balaban J connectivity index is 1.26. The molecule has 0 fully saturated rings. The van der Waals surface area contributed by atoms with Crippen LogP contribution in [-0.4, -0.2) is 36.5 Å². The summed E-state index contributed by atoms with van der Waals surface area (Å²) in [6.45, 7) is 18.4. The van der Waals surface area contributed by atoms with Gasteiger partial charge in [-0.3, -0.25) is 0 Å². The van der Waals surface area contributed by atoms with Gasteiger partial charge in [0.25, 0.3) is 0 Å². The first-order chi connectivity index (χ1) is 24.2. The Hall–Kier alpha value is -4.31. The molecule has 0 saturated carbocycles. The maximum absolute atomic E-state index is 7.34. The summed E-state index contributed by atoms with van der Waals surface area (Å²) in [5, 5.41) is 0. The van der Waals surface area contributed by atoms with E-state index in [1.165, 1.54) is 85.8 Å². The highest BCUT2D eigenvalue weighted by Crippen LogP contribution is 2.54. The third-order valence-corrected chi connectivity index (χ3v) is 12.7. The van der Waals surface area contributed by atoms with Crippen molar-refractivity contribution in [1.82, 2.24) is 0 Å². The molecule has 4 heteroatoms. The fourth-order valence-corrected chi connectivity index (χ4v) is 10.2. The normalized spacial score (nSPS) is 22.2. The van der Waals surface area contributed by atoms with Gasteiger partial charge in [0.05, 0.1) is 5.41 Å². The first kappa shape index (κ1) is 31.7. The van der Waals surface area contributed by atoms with E-state index in [2.05, 4.69) is 129 Å². The van der Waals surface area contributed by atoms with Gasteiger partial charge in [-0.15, -0.1) is 0 Å². The van der Waals surface area contributed by atoms with Crippen molar-refractivity contribution in [3.05, 3.63) is 123 Å². The zero-order valence-electron chi connectivity index (χ0n) is 31.0. The molecule has 4 nitrogen and oxygen atoms in total. The number of allylic oxidation sites excluding steroid dienone is 7. The average molecular weight is 663 g/mol. The topological polar surface area (TPSA) is 18.7 Å². The Morgan fingerprint density at radius 2 is 1.58 bits per heavy atom. The SMILES string of the molecule is CCN1/C(=C/C2=C3CCCC(/C=C/C4=[N+](CC)c5ccccc5C4(C)C)=C3Oc3c2cc2c4c3CCCN4CCC2)C(C)(C)c2ccccc21. The molecule has 3 aromatic rings. The molecule has 0 atom stereocenters. The second-order valence-corrected chi connectivity index (χ2v) is 16.2. The predicted molar refractivity (Wildman–Crippen MR) is 208 cm³/mol. The van der Waals surface area contributed by atoms with Gasteiger partial charge in [-0.25, -0.2) is 0 Å². The molecule has 3 aromatic carbocycles. The van der Waals surface area contributed by atoms with Crippen molar-refractivity contribution in [2.24, 2.45) is 0 Å². The van der Waals surface area contributed by atoms with Crippen molar-refractivity contribution >= 4 is 28.3 Å². The Kier molecular flexibility index (Phi) is 7.36. The van der Waals surface area contributed by atoms with Gasteiger partial charge < -0.3 is 14.5 Å². The van der Waals surface area contributed by atoms with Crippen LogP contribution in [0.15, 0.2) is 95.4 Å². The number of ether oxygens (including phenoxy) is 1. The van der Waals surface area contributed by atoms with E-state index in [1.807, 2.05) is 0 Å². The molecule has 5 heterocycles. The highest BCUT2D eigenvalue weighted by molar-refractivity contribution is 6.03. The summed E-state index contributed by atoms with van der Waals surface area (Å²) in [6.07, 6.45) is 15.3. The molecule has 1 aliphatic carbocycles. The third kappa shape index (κ3) is 4.52. The molecule has 50 heavy (non-hydrogen) atoms. The van der Waals surface area contributed by atoms with Crippen LogP contribution in [0.25, 0.3) is 5.57 Å². The Morgan fingerprint density at radius 3 is 2.38 bits per heavy atom. The van der Waals surface area contributed by atoms with Crippen molar-refractivity contribution in [2.75, 3.05) is 36.0 Å². The van der Waals surface area contributed by atoms with Crippen molar-refractivity contribution in [2.45, 2.75) is 97.3 Å². The fraction of sp³-hybridized carbons (Fsp3) is 0.413. The van der Waals surface area contributed by atoms with Gasteiger partial charge in [-0.2, -0.15) is 4.58 Å². The fourth-order valence-electron chi connectivity index (χ4n) is 10.2. The summed E-state index contributed by atoms with van der Waals surface area (Å²) in [5.41, 5.74) is 18.0. The third-order valence-electron chi connectivity index (χ3n) is 12.7. The van der Waals surface area contributed by atoms with E-state index in [4.69, 9.17) is 4.74 Å². The summed E-state index contributed by atoms with van der Waals surface area (Å²) in [4.78, 5) is 5.21. The van der Waals surface area contributed by atoms with Crippen LogP contribution in [0.1, 0.15) is 101 Å². The van der Waals surface area contributed by atoms with Crippen LogP contribution in [0.4, 0.5) is 17.1 Å². The number of fused-ring (bicyclic) bond motifs is 5. The number of rotatable bonds is 5. The van der Waals surface area contributed by atoms with Crippen LogP contribution in [-0.2, 0) is 23.7 Å². The van der Waals surface area contributed by atoms with Gasteiger partial charge in [-0.1, -0.05) is 50.2 Å². The number of anilines is 2. The second kappa shape index (κ2) is 11.6. The minimum atomic E-state index is -0.0947. The number of hydrogen-bond donors (Lipinski definition) is 0. The minimum Gasteiger partial charge on any atom is -0.456 e. The summed E-state index contributed by atoms with van der Waals surface area (Å²) in [5.74, 6) is 2.24. The average Bonchev–Trinajstić information content (AvgIpc) is 3.49. The number of nitrogens with zero attached hydrogens (tertiary/aromatic N) is 3. The van der Waals surface area contributed by atoms with E-state index < -0.39 is 0 Å². The molecule has 5 aliphatic heterocycles. The number of likely N-dealkylation sites (N-methyl/N-ethyl adjacent to an activating group) is 1. The van der Waals surface area contributed by atoms with E-state index in [0.29, 0.717) is 0 Å². The zero-order valence-corrected chi connectivity index (χ0v) is 31.0. The van der Waals surface area contributed by atoms with Gasteiger partial charge in [0, 0.05) is 76.5 Å². The van der Waals surface area contributed by atoms with Crippen molar-refractivity contribution in [3.8, 4) is 5.75 Å². The standard InChI is InChI=1S/C46H52N3O/c1-7-48-38-22-11-9-20-36(38)45(3,4)40(48)25-24-30-16-13-18-32-34(29-41-46(5,6)37-21-10-12-23-39(37)49(41)8-2)35-28-31-17-14-26-47-27-15-19-33(42(31)47)44(35)50-43(30)32/h9-12,20-25,28-29H,7-8,13-19,26-27H2,1-6H3/q+1. The van der Waals surface area contributed by atoms with Crippen LogP contribution in [0, 0.1) is 0 Å². The monoisotopic (exact) mass is 662 g/mol. The molecule has 0 spiro atoms. The van der Waals surface area contributed by atoms with Crippen LogP contribution >= 0.6 is 0 Å². The van der Waals surface area contributed by atoms with Gasteiger partial charge >= 0.3 is 0 Å². The lowest BCUT2D eigenvalue weighted by atomic mass is 9.78. The first-order valence-corrected chi connectivity index (χ1v) is 19.3. The number of hydrogen-bond acceptors (Lipinski definition) is 3. The maximum Gasteiger partial charge on any atom is 0.209 e.